The molecule has 2 aromatic rings. The van der Waals surface area contributed by atoms with Crippen LogP contribution in [0.15, 0.2) is 42.5 Å². The molecular formula is C15H20N2. The van der Waals surface area contributed by atoms with Gasteiger partial charge in [0.15, 0.2) is 0 Å². The van der Waals surface area contributed by atoms with Crippen molar-refractivity contribution in [3.05, 3.63) is 59.4 Å². The van der Waals surface area contributed by atoms with E-state index in [0.29, 0.717) is 6.04 Å². The predicted molar refractivity (Wildman–Crippen MR) is 72.7 cm³/mol. The Labute approximate surface area is 103 Å². The largest absolute Gasteiger partial charge is 0.318 e. The van der Waals surface area contributed by atoms with Crippen molar-refractivity contribution in [1.29, 1.82) is 0 Å². The van der Waals surface area contributed by atoms with Crippen molar-refractivity contribution < 1.29 is 0 Å². The van der Waals surface area contributed by atoms with Gasteiger partial charge in [-0.25, -0.2) is 0 Å². The lowest BCUT2D eigenvalue weighted by molar-refractivity contribution is 0.636. The van der Waals surface area contributed by atoms with Gasteiger partial charge in [-0.2, -0.15) is 0 Å². The van der Waals surface area contributed by atoms with Gasteiger partial charge in [0.2, 0.25) is 0 Å². The van der Waals surface area contributed by atoms with E-state index in [2.05, 4.69) is 73.3 Å². The fourth-order valence-corrected chi connectivity index (χ4v) is 2.11. The summed E-state index contributed by atoms with van der Waals surface area (Å²) < 4.78 is 2.17. The van der Waals surface area contributed by atoms with E-state index in [0.717, 1.165) is 6.42 Å². The van der Waals surface area contributed by atoms with E-state index < -0.39 is 0 Å². The summed E-state index contributed by atoms with van der Waals surface area (Å²) in [6.07, 6.45) is 1.07. The van der Waals surface area contributed by atoms with Crippen LogP contribution in [-0.2, 0) is 0 Å². The molecule has 1 N–H and O–H groups in total. The molecule has 1 heterocycles. The van der Waals surface area contributed by atoms with Crippen molar-refractivity contribution in [3.63, 3.8) is 0 Å². The molecule has 17 heavy (non-hydrogen) atoms. The van der Waals surface area contributed by atoms with E-state index >= 15 is 0 Å². The molecule has 1 aromatic heterocycles. The lowest BCUT2D eigenvalue weighted by Gasteiger charge is -2.22. The minimum absolute atomic E-state index is 0.362. The Bertz CT molecular complexity index is 451. The molecule has 0 amide bonds. The molecule has 1 unspecified atom stereocenters. The summed E-state index contributed by atoms with van der Waals surface area (Å²) in [7, 11) is 0. The molecular weight excluding hydrogens is 208 g/mol. The van der Waals surface area contributed by atoms with Crippen LogP contribution in [0.1, 0.15) is 36.3 Å². The fourth-order valence-electron chi connectivity index (χ4n) is 2.11. The molecule has 2 heteroatoms. The van der Waals surface area contributed by atoms with Gasteiger partial charge >= 0.3 is 0 Å². The maximum absolute atomic E-state index is 3.58. The van der Waals surface area contributed by atoms with Gasteiger partial charge in [-0.3, -0.25) is 4.68 Å². The van der Waals surface area contributed by atoms with Gasteiger partial charge in [0, 0.05) is 11.4 Å². The summed E-state index contributed by atoms with van der Waals surface area (Å²) in [4.78, 5) is 0. The number of hydrogen-bond acceptors (Lipinski definition) is 1. The molecule has 90 valence electrons. The van der Waals surface area contributed by atoms with E-state index in [-0.39, 0.29) is 0 Å². The average molecular weight is 228 g/mol. The number of nitrogens with one attached hydrogen (secondary N) is 1. The van der Waals surface area contributed by atoms with E-state index in [1.54, 1.807) is 0 Å². The highest BCUT2D eigenvalue weighted by molar-refractivity contribution is 5.23. The molecule has 1 atom stereocenters. The van der Waals surface area contributed by atoms with Crippen LogP contribution in [0.25, 0.3) is 0 Å². The molecule has 0 radical (unpaired) electrons. The first-order valence-corrected chi connectivity index (χ1v) is 6.18. The zero-order valence-corrected chi connectivity index (χ0v) is 10.8. The van der Waals surface area contributed by atoms with E-state index in [1.807, 2.05) is 0 Å². The summed E-state index contributed by atoms with van der Waals surface area (Å²) in [6, 6.07) is 15.2. The fraction of sp³-hybridized carbons (Fsp3) is 0.333. The monoisotopic (exact) mass is 228 g/mol. The molecule has 0 aliphatic rings. The first-order chi connectivity index (χ1) is 8.22. The third-order valence-electron chi connectivity index (χ3n) is 3.17. The standard InChI is InChI=1S/C15H20N2/c1-4-15(14-8-6-5-7-9-14)16-17-12(2)10-11-13(17)3/h5-11,15-16H,4H2,1-3H3. The van der Waals surface area contributed by atoms with Crippen molar-refractivity contribution in [2.75, 3.05) is 5.43 Å². The SMILES string of the molecule is CCC(Nn1c(C)ccc1C)c1ccccc1. The third kappa shape index (κ3) is 2.52. The number of aryl methyl sites for hydroxylation is 2. The van der Waals surface area contributed by atoms with Crippen LogP contribution in [-0.4, -0.2) is 4.68 Å². The van der Waals surface area contributed by atoms with Crippen molar-refractivity contribution in [1.82, 2.24) is 4.68 Å². The van der Waals surface area contributed by atoms with Gasteiger partial charge in [-0.05, 0) is 38.0 Å². The first kappa shape index (κ1) is 11.8. The minimum atomic E-state index is 0.362. The summed E-state index contributed by atoms with van der Waals surface area (Å²) >= 11 is 0. The Morgan fingerprint density at radius 3 is 2.12 bits per heavy atom. The van der Waals surface area contributed by atoms with Crippen LogP contribution in [0, 0.1) is 13.8 Å². The van der Waals surface area contributed by atoms with Gasteiger partial charge in [0.25, 0.3) is 0 Å². The van der Waals surface area contributed by atoms with Crippen LogP contribution in [0.3, 0.4) is 0 Å². The second-order valence-electron chi connectivity index (χ2n) is 4.45. The number of rotatable bonds is 4. The smallest absolute Gasteiger partial charge is 0.0671 e. The second-order valence-corrected chi connectivity index (χ2v) is 4.45. The summed E-state index contributed by atoms with van der Waals surface area (Å²) in [5.41, 5.74) is 7.41. The lowest BCUT2D eigenvalue weighted by Crippen LogP contribution is -2.22. The highest BCUT2D eigenvalue weighted by Gasteiger charge is 2.10. The Morgan fingerprint density at radius 1 is 1.00 bits per heavy atom. The van der Waals surface area contributed by atoms with Gasteiger partial charge in [0.1, 0.15) is 0 Å². The van der Waals surface area contributed by atoms with E-state index in [1.165, 1.54) is 17.0 Å². The van der Waals surface area contributed by atoms with Crippen LogP contribution in [0.2, 0.25) is 0 Å². The zero-order chi connectivity index (χ0) is 12.3. The van der Waals surface area contributed by atoms with Crippen molar-refractivity contribution >= 4 is 0 Å². The highest BCUT2D eigenvalue weighted by Crippen LogP contribution is 2.18. The van der Waals surface area contributed by atoms with Crippen molar-refractivity contribution in [2.24, 2.45) is 0 Å². The predicted octanol–water partition coefficient (Wildman–Crippen LogP) is 3.80. The van der Waals surface area contributed by atoms with E-state index in [4.69, 9.17) is 0 Å². The molecule has 0 aliphatic heterocycles. The zero-order valence-electron chi connectivity index (χ0n) is 10.8. The Morgan fingerprint density at radius 2 is 1.59 bits per heavy atom. The van der Waals surface area contributed by atoms with Crippen molar-refractivity contribution in [3.8, 4) is 0 Å². The number of aromatic nitrogens is 1. The maximum Gasteiger partial charge on any atom is 0.0671 e. The normalized spacial score (nSPS) is 12.4. The van der Waals surface area contributed by atoms with Crippen LogP contribution >= 0.6 is 0 Å². The van der Waals surface area contributed by atoms with Crippen LogP contribution < -0.4 is 5.43 Å². The summed E-state index contributed by atoms with van der Waals surface area (Å²) in [5.74, 6) is 0. The molecule has 2 rings (SSSR count). The topological polar surface area (TPSA) is 17.0 Å². The van der Waals surface area contributed by atoms with Crippen LogP contribution in [0.4, 0.5) is 0 Å². The lowest BCUT2D eigenvalue weighted by atomic mass is 10.1. The van der Waals surface area contributed by atoms with Gasteiger partial charge in [-0.15, -0.1) is 0 Å². The highest BCUT2D eigenvalue weighted by atomic mass is 15.4. The van der Waals surface area contributed by atoms with E-state index in [9.17, 15) is 0 Å². The Kier molecular flexibility index (Phi) is 3.52. The molecule has 0 aliphatic carbocycles. The second kappa shape index (κ2) is 5.09. The molecule has 0 spiro atoms. The van der Waals surface area contributed by atoms with Crippen molar-refractivity contribution in [2.45, 2.75) is 33.2 Å². The maximum atomic E-state index is 3.58. The molecule has 0 saturated carbocycles. The van der Waals surface area contributed by atoms with Gasteiger partial charge in [0.05, 0.1) is 6.04 Å². The number of benzene rings is 1. The third-order valence-corrected chi connectivity index (χ3v) is 3.17. The minimum Gasteiger partial charge on any atom is -0.318 e. The molecule has 0 fully saturated rings. The number of nitrogens with zero attached hydrogens (tertiary/aromatic N) is 1. The van der Waals surface area contributed by atoms with Gasteiger partial charge < -0.3 is 5.43 Å². The Balaban J connectivity index is 2.22. The molecule has 1 aromatic carbocycles. The molecule has 2 nitrogen and oxygen atoms in total. The molecule has 0 bridgehead atoms. The van der Waals surface area contributed by atoms with Gasteiger partial charge in [-0.1, -0.05) is 37.3 Å². The summed E-state index contributed by atoms with van der Waals surface area (Å²) in [5, 5.41) is 0. The van der Waals surface area contributed by atoms with Crippen LogP contribution in [0.5, 0.6) is 0 Å². The Hall–Kier alpha value is -1.70. The number of hydrogen-bond donors (Lipinski definition) is 1. The molecule has 0 saturated heterocycles. The summed E-state index contributed by atoms with van der Waals surface area (Å²) in [6.45, 7) is 6.45. The first-order valence-electron chi connectivity index (χ1n) is 6.18. The quantitative estimate of drug-likeness (QED) is 0.842. The average Bonchev–Trinajstić information content (AvgIpc) is 2.68.